The van der Waals surface area contributed by atoms with Crippen LogP contribution in [0, 0.1) is 0 Å². The summed E-state index contributed by atoms with van der Waals surface area (Å²) in [7, 11) is 1.76. The summed E-state index contributed by atoms with van der Waals surface area (Å²) in [5.74, 6) is 0. The van der Waals surface area contributed by atoms with Gasteiger partial charge in [-0.05, 0) is 12.0 Å². The smallest absolute Gasteiger partial charge is 0.0826 e. The SMILES string of the molecule is COCC1=CCN(CC2CNCCO2)CC1. The van der Waals surface area contributed by atoms with Crippen LogP contribution >= 0.6 is 0 Å². The van der Waals surface area contributed by atoms with Crippen molar-refractivity contribution in [2.24, 2.45) is 0 Å². The highest BCUT2D eigenvalue weighted by molar-refractivity contribution is 5.07. The van der Waals surface area contributed by atoms with Gasteiger partial charge in [0.15, 0.2) is 0 Å². The van der Waals surface area contributed by atoms with Crippen molar-refractivity contribution in [2.45, 2.75) is 12.5 Å². The van der Waals surface area contributed by atoms with Gasteiger partial charge in [-0.1, -0.05) is 6.08 Å². The number of morpholine rings is 1. The quantitative estimate of drug-likeness (QED) is 0.697. The Balaban J connectivity index is 1.71. The fourth-order valence-corrected chi connectivity index (χ4v) is 2.26. The summed E-state index contributed by atoms with van der Waals surface area (Å²) in [6.07, 6.45) is 3.79. The highest BCUT2D eigenvalue weighted by Gasteiger charge is 2.19. The maximum Gasteiger partial charge on any atom is 0.0826 e. The van der Waals surface area contributed by atoms with E-state index in [4.69, 9.17) is 9.47 Å². The third kappa shape index (κ3) is 3.56. The van der Waals surface area contributed by atoms with Crippen molar-refractivity contribution in [1.82, 2.24) is 10.2 Å². The Labute approximate surface area is 97.6 Å². The van der Waals surface area contributed by atoms with E-state index in [1.807, 2.05) is 0 Å². The van der Waals surface area contributed by atoms with E-state index in [9.17, 15) is 0 Å². The molecule has 1 unspecified atom stereocenters. The standard InChI is InChI=1S/C12H22N2O2/c1-15-10-11-2-5-14(6-3-11)9-12-8-13-4-7-16-12/h2,12-13H,3-10H2,1H3. The molecule has 4 nitrogen and oxygen atoms in total. The van der Waals surface area contributed by atoms with Gasteiger partial charge in [0.05, 0.1) is 19.3 Å². The molecule has 2 rings (SSSR count). The van der Waals surface area contributed by atoms with E-state index in [0.29, 0.717) is 6.10 Å². The predicted octanol–water partition coefficient (Wildman–Crippen LogP) is 0.253. The largest absolute Gasteiger partial charge is 0.380 e. The zero-order chi connectivity index (χ0) is 11.2. The second-order valence-corrected chi connectivity index (χ2v) is 4.50. The number of nitrogens with zero attached hydrogens (tertiary/aromatic N) is 1. The molecule has 1 atom stereocenters. The molecule has 1 saturated heterocycles. The van der Waals surface area contributed by atoms with Crippen LogP contribution in [-0.4, -0.2) is 64.1 Å². The summed E-state index contributed by atoms with van der Waals surface area (Å²) in [4.78, 5) is 2.46. The second kappa shape index (κ2) is 6.35. The maximum absolute atomic E-state index is 5.71. The minimum atomic E-state index is 0.367. The first-order valence-corrected chi connectivity index (χ1v) is 6.10. The van der Waals surface area contributed by atoms with Gasteiger partial charge in [0, 0.05) is 39.8 Å². The molecule has 0 bridgehead atoms. The molecule has 1 N–H and O–H groups in total. The molecular weight excluding hydrogens is 204 g/mol. The molecule has 0 aromatic carbocycles. The van der Waals surface area contributed by atoms with Gasteiger partial charge in [0.25, 0.3) is 0 Å². The Kier molecular flexibility index (Phi) is 4.78. The molecule has 1 fully saturated rings. The fraction of sp³-hybridized carbons (Fsp3) is 0.833. The first-order valence-electron chi connectivity index (χ1n) is 6.10. The molecule has 16 heavy (non-hydrogen) atoms. The van der Waals surface area contributed by atoms with E-state index in [1.54, 1.807) is 7.11 Å². The number of hydrogen-bond donors (Lipinski definition) is 1. The number of rotatable bonds is 4. The molecule has 0 spiro atoms. The number of methoxy groups -OCH3 is 1. The van der Waals surface area contributed by atoms with Crippen molar-refractivity contribution in [2.75, 3.05) is 53.0 Å². The minimum Gasteiger partial charge on any atom is -0.380 e. The van der Waals surface area contributed by atoms with Crippen LogP contribution in [0.15, 0.2) is 11.6 Å². The molecule has 0 amide bonds. The number of ether oxygens (including phenoxy) is 2. The van der Waals surface area contributed by atoms with E-state index in [1.165, 1.54) is 5.57 Å². The summed E-state index contributed by atoms with van der Waals surface area (Å²) >= 11 is 0. The summed E-state index contributed by atoms with van der Waals surface area (Å²) in [6, 6.07) is 0. The predicted molar refractivity (Wildman–Crippen MR) is 63.6 cm³/mol. The Morgan fingerprint density at radius 1 is 1.62 bits per heavy atom. The van der Waals surface area contributed by atoms with E-state index in [-0.39, 0.29) is 0 Å². The zero-order valence-electron chi connectivity index (χ0n) is 10.1. The highest BCUT2D eigenvalue weighted by atomic mass is 16.5. The first-order chi connectivity index (χ1) is 7.88. The number of nitrogens with one attached hydrogen (secondary N) is 1. The lowest BCUT2D eigenvalue weighted by Gasteiger charge is -2.32. The molecule has 0 radical (unpaired) electrons. The van der Waals surface area contributed by atoms with Crippen molar-refractivity contribution in [3.8, 4) is 0 Å². The second-order valence-electron chi connectivity index (χ2n) is 4.50. The van der Waals surface area contributed by atoms with Gasteiger partial charge >= 0.3 is 0 Å². The van der Waals surface area contributed by atoms with Crippen LogP contribution in [0.2, 0.25) is 0 Å². The lowest BCUT2D eigenvalue weighted by Crippen LogP contribution is -2.46. The Bertz CT molecular complexity index is 237. The van der Waals surface area contributed by atoms with E-state index < -0.39 is 0 Å². The van der Waals surface area contributed by atoms with Crippen LogP contribution in [-0.2, 0) is 9.47 Å². The third-order valence-corrected chi connectivity index (χ3v) is 3.18. The van der Waals surface area contributed by atoms with Crippen molar-refractivity contribution in [3.05, 3.63) is 11.6 Å². The molecule has 0 saturated carbocycles. The lowest BCUT2D eigenvalue weighted by atomic mass is 10.1. The molecule has 0 aromatic heterocycles. The van der Waals surface area contributed by atoms with Crippen LogP contribution in [0.3, 0.4) is 0 Å². The molecule has 4 heteroatoms. The lowest BCUT2D eigenvalue weighted by molar-refractivity contribution is 0.00675. The summed E-state index contributed by atoms with van der Waals surface area (Å²) in [5.41, 5.74) is 1.43. The van der Waals surface area contributed by atoms with Crippen molar-refractivity contribution < 1.29 is 9.47 Å². The molecule has 2 aliphatic heterocycles. The van der Waals surface area contributed by atoms with E-state index >= 15 is 0 Å². The van der Waals surface area contributed by atoms with Gasteiger partial charge in [-0.25, -0.2) is 0 Å². The third-order valence-electron chi connectivity index (χ3n) is 3.18. The molecular formula is C12H22N2O2. The normalized spacial score (nSPS) is 27.8. The van der Waals surface area contributed by atoms with E-state index in [2.05, 4.69) is 16.3 Å². The van der Waals surface area contributed by atoms with Crippen molar-refractivity contribution in [1.29, 1.82) is 0 Å². The molecule has 0 aliphatic carbocycles. The first kappa shape index (κ1) is 12.0. The van der Waals surface area contributed by atoms with Gasteiger partial charge in [-0.2, -0.15) is 0 Å². The van der Waals surface area contributed by atoms with Crippen LogP contribution in [0.4, 0.5) is 0 Å². The van der Waals surface area contributed by atoms with Crippen LogP contribution < -0.4 is 5.32 Å². The number of hydrogen-bond acceptors (Lipinski definition) is 4. The zero-order valence-corrected chi connectivity index (χ0v) is 10.1. The van der Waals surface area contributed by atoms with Crippen molar-refractivity contribution >= 4 is 0 Å². The molecule has 2 aliphatic rings. The van der Waals surface area contributed by atoms with E-state index in [0.717, 1.165) is 52.4 Å². The summed E-state index contributed by atoms with van der Waals surface area (Å²) in [6.45, 7) is 6.84. The Hall–Kier alpha value is -0.420. The maximum atomic E-state index is 5.71. The highest BCUT2D eigenvalue weighted by Crippen LogP contribution is 2.12. The Morgan fingerprint density at radius 2 is 2.56 bits per heavy atom. The van der Waals surface area contributed by atoms with Crippen molar-refractivity contribution in [3.63, 3.8) is 0 Å². The molecule has 92 valence electrons. The minimum absolute atomic E-state index is 0.367. The van der Waals surface area contributed by atoms with Crippen LogP contribution in [0.5, 0.6) is 0 Å². The average Bonchev–Trinajstić information content (AvgIpc) is 2.33. The van der Waals surface area contributed by atoms with Gasteiger partial charge in [0.1, 0.15) is 0 Å². The monoisotopic (exact) mass is 226 g/mol. The van der Waals surface area contributed by atoms with Crippen LogP contribution in [0.1, 0.15) is 6.42 Å². The molecule has 2 heterocycles. The summed E-state index contributed by atoms with van der Waals surface area (Å²) in [5, 5.41) is 3.37. The molecule has 0 aromatic rings. The Morgan fingerprint density at radius 3 is 3.19 bits per heavy atom. The van der Waals surface area contributed by atoms with Gasteiger partial charge in [0.2, 0.25) is 0 Å². The fourth-order valence-electron chi connectivity index (χ4n) is 2.26. The van der Waals surface area contributed by atoms with Crippen LogP contribution in [0.25, 0.3) is 0 Å². The average molecular weight is 226 g/mol. The van der Waals surface area contributed by atoms with Gasteiger partial charge in [-0.3, -0.25) is 4.90 Å². The van der Waals surface area contributed by atoms with Gasteiger partial charge in [-0.15, -0.1) is 0 Å². The summed E-state index contributed by atoms with van der Waals surface area (Å²) < 4.78 is 10.9. The van der Waals surface area contributed by atoms with Gasteiger partial charge < -0.3 is 14.8 Å². The topological polar surface area (TPSA) is 33.7 Å².